The molecule has 2 amide bonds. The molecule has 1 atom stereocenters. The summed E-state index contributed by atoms with van der Waals surface area (Å²) in [6, 6.07) is 15.1. The van der Waals surface area contributed by atoms with Crippen molar-refractivity contribution in [2.24, 2.45) is 0 Å². The highest BCUT2D eigenvalue weighted by molar-refractivity contribution is 7.92. The van der Waals surface area contributed by atoms with Crippen molar-refractivity contribution >= 4 is 27.5 Å². The molecule has 3 aromatic rings. The highest BCUT2D eigenvalue weighted by Crippen LogP contribution is 2.26. The lowest BCUT2D eigenvalue weighted by molar-refractivity contribution is -0.140. The van der Waals surface area contributed by atoms with E-state index in [9.17, 15) is 26.8 Å². The van der Waals surface area contributed by atoms with E-state index in [-0.39, 0.29) is 29.5 Å². The molecule has 42 heavy (non-hydrogen) atoms. The van der Waals surface area contributed by atoms with Crippen LogP contribution in [0.25, 0.3) is 0 Å². The van der Waals surface area contributed by atoms with Gasteiger partial charge in [0.25, 0.3) is 10.0 Å². The lowest BCUT2D eigenvalue weighted by Gasteiger charge is -2.33. The second kappa shape index (κ2) is 15.3. The number of benzene rings is 3. The number of rotatable bonds is 15. The van der Waals surface area contributed by atoms with Crippen molar-refractivity contribution in [3.8, 4) is 5.75 Å². The lowest BCUT2D eigenvalue weighted by Crippen LogP contribution is -2.52. The number of nitrogens with one attached hydrogen (secondary N) is 1. The van der Waals surface area contributed by atoms with Crippen LogP contribution in [0, 0.1) is 11.6 Å². The summed E-state index contributed by atoms with van der Waals surface area (Å²) >= 11 is 0. The number of carbonyl (C=O) groups excluding carboxylic acids is 2. The highest BCUT2D eigenvalue weighted by Gasteiger charge is 2.33. The number of hydrogen-bond acceptors (Lipinski definition) is 5. The molecule has 0 bridgehead atoms. The third kappa shape index (κ3) is 8.51. The first-order valence-electron chi connectivity index (χ1n) is 13.9. The minimum absolute atomic E-state index is 0.0564. The molecule has 0 aliphatic heterocycles. The number of unbranched alkanes of at least 4 members (excludes halogenated alkanes) is 1. The fourth-order valence-corrected chi connectivity index (χ4v) is 5.76. The van der Waals surface area contributed by atoms with E-state index in [2.05, 4.69) is 5.32 Å². The number of nitrogens with zero attached hydrogens (tertiary/aromatic N) is 2. The number of ether oxygens (including phenoxy) is 1. The number of carbonyl (C=O) groups is 2. The molecule has 0 saturated carbocycles. The zero-order chi connectivity index (χ0) is 30.7. The molecule has 0 spiro atoms. The molecule has 0 aromatic heterocycles. The second-order valence-electron chi connectivity index (χ2n) is 9.61. The Labute approximate surface area is 246 Å². The zero-order valence-electron chi connectivity index (χ0n) is 24.1. The maximum Gasteiger partial charge on any atom is 0.264 e. The van der Waals surface area contributed by atoms with E-state index >= 15 is 0 Å². The molecule has 3 aromatic carbocycles. The average molecular weight is 602 g/mol. The molecule has 1 N–H and O–H groups in total. The van der Waals surface area contributed by atoms with Gasteiger partial charge in [0.05, 0.1) is 17.2 Å². The standard InChI is InChI=1S/C31H37F2N3O5S/c1-4-7-20-34-31(38)29(5-2)35(21-23-8-10-24(32)11-9-23)30(37)22-36(26-14-12-25(33)13-15-26)42(39,40)28-18-16-27(17-19-28)41-6-3/h8-19,29H,4-7,20-22H2,1-3H3,(H,34,38)/t29-/m1/s1. The Hall–Kier alpha value is -3.99. The third-order valence-electron chi connectivity index (χ3n) is 6.60. The first-order valence-corrected chi connectivity index (χ1v) is 15.4. The summed E-state index contributed by atoms with van der Waals surface area (Å²) in [6.45, 7) is 5.65. The summed E-state index contributed by atoms with van der Waals surface area (Å²) in [6.07, 6.45) is 1.88. The minimum atomic E-state index is -4.32. The summed E-state index contributed by atoms with van der Waals surface area (Å²) in [4.78, 5) is 28.4. The van der Waals surface area contributed by atoms with Gasteiger partial charge in [0.15, 0.2) is 0 Å². The molecular formula is C31H37F2N3O5S. The van der Waals surface area contributed by atoms with Crippen LogP contribution < -0.4 is 14.4 Å². The van der Waals surface area contributed by atoms with E-state index in [1.165, 1.54) is 65.6 Å². The smallest absolute Gasteiger partial charge is 0.264 e. The average Bonchev–Trinajstić information content (AvgIpc) is 2.98. The quantitative estimate of drug-likeness (QED) is 0.239. The molecule has 0 unspecified atom stereocenters. The van der Waals surface area contributed by atoms with Crippen LogP contribution in [0.5, 0.6) is 5.75 Å². The number of sulfonamides is 1. The zero-order valence-corrected chi connectivity index (χ0v) is 24.9. The van der Waals surface area contributed by atoms with Crippen LogP contribution in [0.1, 0.15) is 45.6 Å². The third-order valence-corrected chi connectivity index (χ3v) is 8.39. The molecule has 0 aliphatic carbocycles. The highest BCUT2D eigenvalue weighted by atomic mass is 32.2. The van der Waals surface area contributed by atoms with Crippen LogP contribution in [-0.4, -0.2) is 50.9 Å². The van der Waals surface area contributed by atoms with Crippen molar-refractivity contribution in [1.82, 2.24) is 10.2 Å². The van der Waals surface area contributed by atoms with Gasteiger partial charge in [0.2, 0.25) is 11.8 Å². The van der Waals surface area contributed by atoms with Gasteiger partial charge in [-0.15, -0.1) is 0 Å². The Morgan fingerprint density at radius 3 is 2.02 bits per heavy atom. The van der Waals surface area contributed by atoms with Gasteiger partial charge in [-0.05, 0) is 86.0 Å². The lowest BCUT2D eigenvalue weighted by atomic mass is 10.1. The molecule has 11 heteroatoms. The Balaban J connectivity index is 2.02. The Morgan fingerprint density at radius 1 is 0.881 bits per heavy atom. The molecule has 0 aliphatic rings. The molecule has 0 fully saturated rings. The predicted molar refractivity (Wildman–Crippen MR) is 157 cm³/mol. The van der Waals surface area contributed by atoms with Gasteiger partial charge < -0.3 is 15.0 Å². The largest absolute Gasteiger partial charge is 0.494 e. The van der Waals surface area contributed by atoms with Crippen molar-refractivity contribution in [2.45, 2.75) is 57.5 Å². The van der Waals surface area contributed by atoms with Crippen LogP contribution >= 0.6 is 0 Å². The van der Waals surface area contributed by atoms with Crippen LogP contribution in [0.4, 0.5) is 14.5 Å². The predicted octanol–water partition coefficient (Wildman–Crippen LogP) is 5.28. The first kappa shape index (κ1) is 32.5. The van der Waals surface area contributed by atoms with Crippen LogP contribution in [0.15, 0.2) is 77.7 Å². The molecular weight excluding hydrogens is 564 g/mol. The van der Waals surface area contributed by atoms with Gasteiger partial charge in [-0.25, -0.2) is 17.2 Å². The Bertz CT molecular complexity index is 1420. The van der Waals surface area contributed by atoms with E-state index in [0.717, 1.165) is 29.3 Å². The molecule has 0 heterocycles. The first-order chi connectivity index (χ1) is 20.1. The summed E-state index contributed by atoms with van der Waals surface area (Å²) in [5.41, 5.74) is 0.632. The van der Waals surface area contributed by atoms with Crippen LogP contribution in [-0.2, 0) is 26.2 Å². The number of anilines is 1. The van der Waals surface area contributed by atoms with Gasteiger partial charge in [-0.2, -0.15) is 0 Å². The molecule has 0 saturated heterocycles. The topological polar surface area (TPSA) is 96.0 Å². The van der Waals surface area contributed by atoms with Gasteiger partial charge in [0, 0.05) is 13.1 Å². The summed E-state index contributed by atoms with van der Waals surface area (Å²) in [7, 11) is -4.32. The number of hydrogen-bond donors (Lipinski definition) is 1. The fraction of sp³-hybridized carbons (Fsp3) is 0.355. The van der Waals surface area contributed by atoms with Crippen molar-refractivity contribution in [2.75, 3.05) is 24.0 Å². The van der Waals surface area contributed by atoms with Crippen LogP contribution in [0.2, 0.25) is 0 Å². The Morgan fingerprint density at radius 2 is 1.48 bits per heavy atom. The van der Waals surface area contributed by atoms with Gasteiger partial charge >= 0.3 is 0 Å². The SMILES string of the molecule is CCCCNC(=O)[C@@H](CC)N(Cc1ccc(F)cc1)C(=O)CN(c1ccc(F)cc1)S(=O)(=O)c1ccc(OCC)cc1. The molecule has 3 rings (SSSR count). The minimum Gasteiger partial charge on any atom is -0.494 e. The molecule has 0 radical (unpaired) electrons. The van der Waals surface area contributed by atoms with E-state index in [1.54, 1.807) is 13.8 Å². The maximum absolute atomic E-state index is 14.0. The van der Waals surface area contributed by atoms with Gasteiger partial charge in [0.1, 0.15) is 30.0 Å². The normalized spacial score (nSPS) is 11.9. The van der Waals surface area contributed by atoms with E-state index in [0.29, 0.717) is 24.5 Å². The van der Waals surface area contributed by atoms with E-state index in [4.69, 9.17) is 4.74 Å². The monoisotopic (exact) mass is 601 g/mol. The fourth-order valence-electron chi connectivity index (χ4n) is 4.35. The summed E-state index contributed by atoms with van der Waals surface area (Å²) in [5, 5.41) is 2.85. The number of halogens is 2. The molecule has 226 valence electrons. The van der Waals surface area contributed by atoms with E-state index in [1.807, 2.05) is 6.92 Å². The van der Waals surface area contributed by atoms with E-state index < -0.39 is 40.2 Å². The second-order valence-corrected chi connectivity index (χ2v) is 11.5. The van der Waals surface area contributed by atoms with Crippen molar-refractivity contribution in [3.05, 3.63) is 90.0 Å². The van der Waals surface area contributed by atoms with Gasteiger partial charge in [-0.1, -0.05) is 32.4 Å². The maximum atomic E-state index is 14.0. The number of amides is 2. The summed E-state index contributed by atoms with van der Waals surface area (Å²) in [5.74, 6) is -1.58. The van der Waals surface area contributed by atoms with Crippen LogP contribution in [0.3, 0.4) is 0 Å². The van der Waals surface area contributed by atoms with Crippen molar-refractivity contribution in [3.63, 3.8) is 0 Å². The summed E-state index contributed by atoms with van der Waals surface area (Å²) < 4.78 is 61.5. The molecule has 8 nitrogen and oxygen atoms in total. The van der Waals surface area contributed by atoms with Crippen molar-refractivity contribution < 1.29 is 31.5 Å². The van der Waals surface area contributed by atoms with Gasteiger partial charge in [-0.3, -0.25) is 13.9 Å². The van der Waals surface area contributed by atoms with Crippen molar-refractivity contribution in [1.29, 1.82) is 0 Å². The Kier molecular flexibility index (Phi) is 11.8.